The van der Waals surface area contributed by atoms with Crippen LogP contribution in [0.4, 0.5) is 5.69 Å². The monoisotopic (exact) mass is 320 g/mol. The molecular weight excluding hydrogens is 304 g/mol. The second-order valence-corrected chi connectivity index (χ2v) is 5.71. The lowest BCUT2D eigenvalue weighted by Crippen LogP contribution is -2.03. The number of hydrogen-bond acceptors (Lipinski definition) is 4. The number of pyridine rings is 1. The molecule has 3 aromatic rings. The maximum atomic E-state index is 11.6. The van der Waals surface area contributed by atoms with Crippen LogP contribution >= 0.6 is 0 Å². The lowest BCUT2D eigenvalue weighted by atomic mass is 10.0. The van der Waals surface area contributed by atoms with Crippen molar-refractivity contribution in [3.05, 3.63) is 54.5 Å². The van der Waals surface area contributed by atoms with Gasteiger partial charge in [0.15, 0.2) is 0 Å². The van der Waals surface area contributed by atoms with Crippen LogP contribution < -0.4 is 5.32 Å². The van der Waals surface area contributed by atoms with Gasteiger partial charge in [-0.3, -0.25) is 14.5 Å². The third-order valence-corrected chi connectivity index (χ3v) is 4.09. The summed E-state index contributed by atoms with van der Waals surface area (Å²) in [6.07, 6.45) is 5.81. The van der Waals surface area contributed by atoms with E-state index >= 15 is 0 Å². The van der Waals surface area contributed by atoms with Crippen molar-refractivity contribution in [2.24, 2.45) is 0 Å². The Morgan fingerprint density at radius 2 is 2.00 bits per heavy atom. The molecule has 0 fully saturated rings. The molecule has 0 spiro atoms. The van der Waals surface area contributed by atoms with Crippen LogP contribution in [0.25, 0.3) is 22.4 Å². The number of fused-ring (bicyclic) bond motifs is 1. The maximum absolute atomic E-state index is 11.6. The Kier molecular flexibility index (Phi) is 3.59. The minimum Gasteiger partial charge on any atom is -0.394 e. The summed E-state index contributed by atoms with van der Waals surface area (Å²) in [7, 11) is 0. The van der Waals surface area contributed by atoms with Crippen molar-refractivity contribution >= 4 is 11.6 Å². The van der Waals surface area contributed by atoms with E-state index in [4.69, 9.17) is 0 Å². The third-order valence-electron chi connectivity index (χ3n) is 4.09. The van der Waals surface area contributed by atoms with Crippen molar-refractivity contribution in [2.45, 2.75) is 13.0 Å². The number of nitrogens with zero attached hydrogens (tertiary/aromatic N) is 3. The van der Waals surface area contributed by atoms with E-state index in [1.165, 1.54) is 0 Å². The Morgan fingerprint density at radius 1 is 1.17 bits per heavy atom. The van der Waals surface area contributed by atoms with E-state index in [-0.39, 0.29) is 12.5 Å². The molecule has 0 unspecified atom stereocenters. The molecule has 0 atom stereocenters. The normalized spacial score (nSPS) is 13.0. The summed E-state index contributed by atoms with van der Waals surface area (Å²) >= 11 is 0. The van der Waals surface area contributed by atoms with E-state index in [0.29, 0.717) is 13.0 Å². The number of hydrogen-bond donors (Lipinski definition) is 2. The number of aliphatic hydroxyl groups is 1. The Hall–Kier alpha value is -2.99. The number of rotatable bonds is 4. The topological polar surface area (TPSA) is 80.0 Å². The minimum absolute atomic E-state index is 0.0208. The van der Waals surface area contributed by atoms with E-state index in [0.717, 1.165) is 33.6 Å². The lowest BCUT2D eigenvalue weighted by molar-refractivity contribution is -0.115. The molecule has 1 aliphatic rings. The highest BCUT2D eigenvalue weighted by Gasteiger charge is 2.20. The van der Waals surface area contributed by atoms with Crippen LogP contribution in [0.3, 0.4) is 0 Å². The first kappa shape index (κ1) is 14.6. The molecule has 1 amide bonds. The average Bonchev–Trinajstić information content (AvgIpc) is 3.18. The standard InChI is InChI=1S/C18H16N4O2/c23-8-7-22-11-15(18(21-22)12-3-5-19-6-4-12)13-1-2-14-10-17(24)20-16(14)9-13/h1-6,9,11,23H,7-8,10H2,(H,20,24). The third kappa shape index (κ3) is 2.57. The first-order chi connectivity index (χ1) is 11.7. The largest absolute Gasteiger partial charge is 0.394 e. The summed E-state index contributed by atoms with van der Waals surface area (Å²) in [5.74, 6) is 0.0208. The summed E-state index contributed by atoms with van der Waals surface area (Å²) in [5.41, 5.74) is 5.59. The molecule has 6 nitrogen and oxygen atoms in total. The van der Waals surface area contributed by atoms with Gasteiger partial charge in [0.2, 0.25) is 5.91 Å². The molecule has 0 radical (unpaired) electrons. The molecule has 3 heterocycles. The number of anilines is 1. The van der Waals surface area contributed by atoms with Crippen LogP contribution in [0.1, 0.15) is 5.56 Å². The highest BCUT2D eigenvalue weighted by Crippen LogP contribution is 2.34. The van der Waals surface area contributed by atoms with Crippen LogP contribution in [0, 0.1) is 0 Å². The molecule has 0 bridgehead atoms. The fraction of sp³-hybridized carbons (Fsp3) is 0.167. The van der Waals surface area contributed by atoms with E-state index in [1.54, 1.807) is 17.1 Å². The van der Waals surface area contributed by atoms with Gasteiger partial charge >= 0.3 is 0 Å². The number of aromatic nitrogens is 3. The molecule has 1 aromatic carbocycles. The first-order valence-corrected chi connectivity index (χ1v) is 7.76. The first-order valence-electron chi connectivity index (χ1n) is 7.76. The van der Waals surface area contributed by atoms with Gasteiger partial charge in [0.25, 0.3) is 0 Å². The highest BCUT2D eigenvalue weighted by atomic mass is 16.3. The predicted molar refractivity (Wildman–Crippen MR) is 90.3 cm³/mol. The molecule has 0 saturated heterocycles. The molecule has 120 valence electrons. The summed E-state index contributed by atoms with van der Waals surface area (Å²) in [6.45, 7) is 0.455. The van der Waals surface area contributed by atoms with Gasteiger partial charge in [-0.1, -0.05) is 12.1 Å². The van der Waals surface area contributed by atoms with Crippen molar-refractivity contribution in [3.8, 4) is 22.4 Å². The zero-order valence-electron chi connectivity index (χ0n) is 12.9. The van der Waals surface area contributed by atoms with E-state index < -0.39 is 0 Å². The summed E-state index contributed by atoms with van der Waals surface area (Å²) in [6, 6.07) is 9.77. The Morgan fingerprint density at radius 3 is 2.79 bits per heavy atom. The fourth-order valence-electron chi connectivity index (χ4n) is 2.95. The zero-order chi connectivity index (χ0) is 16.5. The summed E-state index contributed by atoms with van der Waals surface area (Å²) in [5, 5.41) is 16.7. The van der Waals surface area contributed by atoms with E-state index in [9.17, 15) is 9.90 Å². The van der Waals surface area contributed by atoms with Crippen LogP contribution in [0.5, 0.6) is 0 Å². The molecule has 1 aliphatic heterocycles. The van der Waals surface area contributed by atoms with Crippen molar-refractivity contribution in [1.82, 2.24) is 14.8 Å². The highest BCUT2D eigenvalue weighted by molar-refractivity contribution is 6.00. The maximum Gasteiger partial charge on any atom is 0.228 e. The van der Waals surface area contributed by atoms with E-state index in [2.05, 4.69) is 15.4 Å². The average molecular weight is 320 g/mol. The summed E-state index contributed by atoms with van der Waals surface area (Å²) in [4.78, 5) is 15.6. The molecule has 4 rings (SSSR count). The van der Waals surface area contributed by atoms with Crippen molar-refractivity contribution in [3.63, 3.8) is 0 Å². The van der Waals surface area contributed by atoms with Gasteiger partial charge in [0.1, 0.15) is 5.69 Å². The molecule has 6 heteroatoms. The number of carbonyl (C=O) groups is 1. The Labute approximate surface area is 138 Å². The zero-order valence-corrected chi connectivity index (χ0v) is 12.9. The number of amides is 1. The second kappa shape index (κ2) is 5.90. The molecule has 2 N–H and O–H groups in total. The van der Waals surface area contributed by atoms with Gasteiger partial charge in [0.05, 0.1) is 19.6 Å². The predicted octanol–water partition coefficient (Wildman–Crippen LogP) is 2.10. The number of carbonyl (C=O) groups excluding carboxylic acids is 1. The van der Waals surface area contributed by atoms with Crippen molar-refractivity contribution < 1.29 is 9.90 Å². The molecular formula is C18H16N4O2. The quantitative estimate of drug-likeness (QED) is 0.771. The van der Waals surface area contributed by atoms with Crippen molar-refractivity contribution in [1.29, 1.82) is 0 Å². The van der Waals surface area contributed by atoms with Crippen LogP contribution in [-0.4, -0.2) is 32.4 Å². The Bertz CT molecular complexity index is 903. The van der Waals surface area contributed by atoms with Gasteiger partial charge in [0, 0.05) is 35.4 Å². The van der Waals surface area contributed by atoms with Gasteiger partial charge in [-0.15, -0.1) is 0 Å². The van der Waals surface area contributed by atoms with Crippen LogP contribution in [0.15, 0.2) is 48.9 Å². The SMILES string of the molecule is O=C1Cc2ccc(-c3cn(CCO)nc3-c3ccncc3)cc2N1. The number of aliphatic hydroxyl groups excluding tert-OH is 1. The number of nitrogens with one attached hydrogen (secondary N) is 1. The van der Waals surface area contributed by atoms with Crippen LogP contribution in [0.2, 0.25) is 0 Å². The summed E-state index contributed by atoms with van der Waals surface area (Å²) < 4.78 is 1.73. The molecule has 0 aliphatic carbocycles. The van der Waals surface area contributed by atoms with Crippen molar-refractivity contribution in [2.75, 3.05) is 11.9 Å². The van der Waals surface area contributed by atoms with E-state index in [1.807, 2.05) is 36.5 Å². The van der Waals surface area contributed by atoms with Crippen LogP contribution in [-0.2, 0) is 17.8 Å². The number of benzene rings is 1. The second-order valence-electron chi connectivity index (χ2n) is 5.71. The fourth-order valence-corrected chi connectivity index (χ4v) is 2.95. The lowest BCUT2D eigenvalue weighted by Gasteiger charge is -2.05. The minimum atomic E-state index is 0.0208. The smallest absolute Gasteiger partial charge is 0.228 e. The molecule has 0 saturated carbocycles. The Balaban J connectivity index is 1.83. The molecule has 24 heavy (non-hydrogen) atoms. The van der Waals surface area contributed by atoms with Gasteiger partial charge in [-0.25, -0.2) is 0 Å². The van der Waals surface area contributed by atoms with Gasteiger partial charge in [-0.05, 0) is 29.3 Å². The molecule has 2 aromatic heterocycles. The van der Waals surface area contributed by atoms with Gasteiger partial charge in [-0.2, -0.15) is 5.10 Å². The van der Waals surface area contributed by atoms with Gasteiger partial charge < -0.3 is 10.4 Å².